The fourth-order valence-corrected chi connectivity index (χ4v) is 5.96. The smallest absolute Gasteiger partial charge is 0.305 e. The molecule has 0 saturated heterocycles. The molecule has 6 nitrogen and oxygen atoms in total. The van der Waals surface area contributed by atoms with E-state index in [1.807, 2.05) is 6.92 Å². The third-order valence-corrected chi connectivity index (χ3v) is 9.67. The minimum Gasteiger partial charge on any atom is -0.465 e. The van der Waals surface area contributed by atoms with E-state index in [1.54, 1.807) is 0 Å². The van der Waals surface area contributed by atoms with E-state index in [1.165, 1.54) is 96.3 Å². The first-order valence-electron chi connectivity index (χ1n) is 22.3. The van der Waals surface area contributed by atoms with E-state index in [0.29, 0.717) is 19.3 Å². The topological polar surface area (TPSA) is 78.9 Å². The van der Waals surface area contributed by atoms with Crippen molar-refractivity contribution in [1.82, 2.24) is 0 Å². The van der Waals surface area contributed by atoms with Crippen molar-refractivity contribution in [3.8, 4) is 0 Å². The first-order valence-corrected chi connectivity index (χ1v) is 22.3. The number of carbonyl (C=O) groups excluding carboxylic acids is 3. The Bertz CT molecular complexity index is 818. The standard InChI is InChI=1S/C47H84O6/c1-5-8-11-14-17-20-23-26-29-32-35-38-44(48)51-41-47(4,42-52-45(49)39-36-33-30-27-24-21-18-15-12-9-6-2)43-53-46(50)40-37-34-31-28-25-22-19-16-13-10-7-3/h14-19H,5-13,20-43H2,1-4H3/b17-14-,18-15-,19-16-. The number of carbonyl (C=O) groups is 3. The Morgan fingerprint density at radius 2 is 0.585 bits per heavy atom. The minimum absolute atomic E-state index is 0.0521. The summed E-state index contributed by atoms with van der Waals surface area (Å²) in [5.41, 5.74) is -0.791. The van der Waals surface area contributed by atoms with Crippen LogP contribution >= 0.6 is 0 Å². The van der Waals surface area contributed by atoms with Crippen LogP contribution in [0.3, 0.4) is 0 Å². The zero-order valence-corrected chi connectivity index (χ0v) is 35.2. The molecule has 0 heterocycles. The van der Waals surface area contributed by atoms with Gasteiger partial charge < -0.3 is 14.2 Å². The van der Waals surface area contributed by atoms with E-state index in [-0.39, 0.29) is 37.7 Å². The van der Waals surface area contributed by atoms with Crippen LogP contribution in [0.5, 0.6) is 0 Å². The molecule has 0 atom stereocenters. The van der Waals surface area contributed by atoms with Crippen LogP contribution in [0, 0.1) is 5.41 Å². The first-order chi connectivity index (χ1) is 25.9. The van der Waals surface area contributed by atoms with Crippen molar-refractivity contribution < 1.29 is 28.6 Å². The molecule has 0 unspecified atom stereocenters. The van der Waals surface area contributed by atoms with Crippen LogP contribution in [0.25, 0.3) is 0 Å². The molecule has 0 aromatic heterocycles. The lowest BCUT2D eigenvalue weighted by Gasteiger charge is -2.28. The van der Waals surface area contributed by atoms with E-state index in [2.05, 4.69) is 57.2 Å². The number of allylic oxidation sites excluding steroid dienone is 6. The quantitative estimate of drug-likeness (QED) is 0.0270. The molecule has 0 amide bonds. The molecule has 0 aliphatic carbocycles. The lowest BCUT2D eigenvalue weighted by molar-refractivity contribution is -0.160. The van der Waals surface area contributed by atoms with Crippen LogP contribution < -0.4 is 0 Å². The molecule has 0 aliphatic heterocycles. The molecule has 0 radical (unpaired) electrons. The Morgan fingerprint density at radius 1 is 0.358 bits per heavy atom. The van der Waals surface area contributed by atoms with Crippen molar-refractivity contribution in [3.63, 3.8) is 0 Å². The molecule has 0 saturated carbocycles. The van der Waals surface area contributed by atoms with Gasteiger partial charge in [-0.05, 0) is 84.0 Å². The van der Waals surface area contributed by atoms with Gasteiger partial charge in [0, 0.05) is 19.3 Å². The Hall–Kier alpha value is -2.37. The third kappa shape index (κ3) is 37.7. The normalized spacial score (nSPS) is 12.0. The molecule has 0 bridgehead atoms. The maximum atomic E-state index is 12.6. The monoisotopic (exact) mass is 745 g/mol. The molecule has 0 rings (SSSR count). The first kappa shape index (κ1) is 50.6. The molecule has 308 valence electrons. The average molecular weight is 745 g/mol. The van der Waals surface area contributed by atoms with E-state index < -0.39 is 5.41 Å². The van der Waals surface area contributed by atoms with Gasteiger partial charge in [-0.15, -0.1) is 0 Å². The van der Waals surface area contributed by atoms with Crippen LogP contribution in [-0.4, -0.2) is 37.7 Å². The number of hydrogen-bond donors (Lipinski definition) is 0. The highest BCUT2D eigenvalue weighted by molar-refractivity contribution is 5.70. The number of ether oxygens (including phenoxy) is 3. The fraction of sp³-hybridized carbons (Fsp3) is 0.809. The Morgan fingerprint density at radius 3 is 0.849 bits per heavy atom. The van der Waals surface area contributed by atoms with Crippen LogP contribution in [0.2, 0.25) is 0 Å². The molecule has 53 heavy (non-hydrogen) atoms. The van der Waals surface area contributed by atoms with Crippen LogP contribution in [-0.2, 0) is 28.6 Å². The van der Waals surface area contributed by atoms with Crippen molar-refractivity contribution in [2.75, 3.05) is 19.8 Å². The maximum absolute atomic E-state index is 12.6. The van der Waals surface area contributed by atoms with Gasteiger partial charge in [-0.3, -0.25) is 14.4 Å². The number of hydrogen-bond acceptors (Lipinski definition) is 6. The van der Waals surface area contributed by atoms with Gasteiger partial charge in [0.25, 0.3) is 0 Å². The fourth-order valence-electron chi connectivity index (χ4n) is 5.96. The van der Waals surface area contributed by atoms with Crippen molar-refractivity contribution in [1.29, 1.82) is 0 Å². The zero-order valence-electron chi connectivity index (χ0n) is 35.2. The minimum atomic E-state index is -0.791. The summed E-state index contributed by atoms with van der Waals surface area (Å²) in [5.74, 6) is -0.748. The van der Waals surface area contributed by atoms with Gasteiger partial charge in [-0.1, -0.05) is 154 Å². The summed E-state index contributed by atoms with van der Waals surface area (Å²) < 4.78 is 17.0. The third-order valence-electron chi connectivity index (χ3n) is 9.67. The molecule has 0 fully saturated rings. The SMILES string of the molecule is CCCC/C=C\CCCCCCCC(=O)OCC(C)(COC(=O)CCCCCCC/C=C\CCCC)COC(=O)CCCCCCC/C=C\CCCC. The van der Waals surface area contributed by atoms with Gasteiger partial charge >= 0.3 is 17.9 Å². The second-order valence-electron chi connectivity index (χ2n) is 15.6. The van der Waals surface area contributed by atoms with Crippen LogP contribution in [0.1, 0.15) is 220 Å². The van der Waals surface area contributed by atoms with Gasteiger partial charge in [-0.2, -0.15) is 0 Å². The number of rotatable bonds is 39. The Kier molecular flexibility index (Phi) is 37.6. The second kappa shape index (κ2) is 39.3. The lowest BCUT2D eigenvalue weighted by Crippen LogP contribution is -2.37. The molecule has 0 aliphatic rings. The van der Waals surface area contributed by atoms with Gasteiger partial charge in [0.1, 0.15) is 19.8 Å². The van der Waals surface area contributed by atoms with Crippen LogP contribution in [0.15, 0.2) is 36.5 Å². The Labute approximate surface area is 327 Å². The van der Waals surface area contributed by atoms with Crippen molar-refractivity contribution in [3.05, 3.63) is 36.5 Å². The number of unbranched alkanes of at least 4 members (excludes halogenated alkanes) is 21. The predicted molar refractivity (Wildman–Crippen MR) is 224 cm³/mol. The van der Waals surface area contributed by atoms with Crippen molar-refractivity contribution >= 4 is 17.9 Å². The highest BCUT2D eigenvalue weighted by atomic mass is 16.6. The summed E-state index contributed by atoms with van der Waals surface area (Å²) in [4.78, 5) is 37.9. The predicted octanol–water partition coefficient (Wildman–Crippen LogP) is 14.1. The maximum Gasteiger partial charge on any atom is 0.305 e. The van der Waals surface area contributed by atoms with Crippen molar-refractivity contribution in [2.24, 2.45) is 5.41 Å². The molecule has 0 spiro atoms. The second-order valence-corrected chi connectivity index (χ2v) is 15.6. The van der Waals surface area contributed by atoms with Gasteiger partial charge in [0.05, 0.1) is 5.41 Å². The van der Waals surface area contributed by atoms with Gasteiger partial charge in [0.2, 0.25) is 0 Å². The van der Waals surface area contributed by atoms with E-state index in [4.69, 9.17) is 14.2 Å². The average Bonchev–Trinajstić information content (AvgIpc) is 3.15. The largest absolute Gasteiger partial charge is 0.465 e. The van der Waals surface area contributed by atoms with E-state index in [0.717, 1.165) is 77.0 Å². The summed E-state index contributed by atoms with van der Waals surface area (Å²) in [5, 5.41) is 0. The Balaban J connectivity index is 4.55. The molecule has 0 aromatic carbocycles. The molecule has 6 heteroatoms. The zero-order chi connectivity index (χ0) is 38.9. The van der Waals surface area contributed by atoms with E-state index >= 15 is 0 Å². The molecular weight excluding hydrogens is 661 g/mol. The van der Waals surface area contributed by atoms with Gasteiger partial charge in [0.15, 0.2) is 0 Å². The molecule has 0 N–H and O–H groups in total. The van der Waals surface area contributed by atoms with Crippen LogP contribution in [0.4, 0.5) is 0 Å². The summed E-state index contributed by atoms with van der Waals surface area (Å²) >= 11 is 0. The highest BCUT2D eigenvalue weighted by Gasteiger charge is 2.30. The summed E-state index contributed by atoms with van der Waals surface area (Å²) in [7, 11) is 0. The molecular formula is C47H84O6. The highest BCUT2D eigenvalue weighted by Crippen LogP contribution is 2.21. The molecule has 0 aromatic rings. The summed E-state index contributed by atoms with van der Waals surface area (Å²) in [6.45, 7) is 8.68. The van der Waals surface area contributed by atoms with Gasteiger partial charge in [-0.25, -0.2) is 0 Å². The lowest BCUT2D eigenvalue weighted by atomic mass is 9.94. The van der Waals surface area contributed by atoms with E-state index in [9.17, 15) is 14.4 Å². The summed E-state index contributed by atoms with van der Waals surface area (Å²) in [6.07, 6.45) is 45.2. The summed E-state index contributed by atoms with van der Waals surface area (Å²) in [6, 6.07) is 0. The van der Waals surface area contributed by atoms with Crippen molar-refractivity contribution in [2.45, 2.75) is 220 Å². The number of esters is 3.